The van der Waals surface area contributed by atoms with Crippen LogP contribution in [0.15, 0.2) is 73.2 Å². The van der Waals surface area contributed by atoms with Crippen LogP contribution < -0.4 is 16.0 Å². The lowest BCUT2D eigenvalue weighted by atomic mass is 9.75. The number of alkyl carbamates (subject to hydrolysis) is 1. The highest BCUT2D eigenvalue weighted by Gasteiger charge is 2.36. The number of nitrogens with one attached hydrogen (secondary N) is 3. The minimum Gasteiger partial charge on any atom is -0.444 e. The molecular weight excluding hydrogens is 648 g/mol. The number of nitrogens with zero attached hydrogens (tertiary/aromatic N) is 3. The summed E-state index contributed by atoms with van der Waals surface area (Å²) >= 11 is 0. The van der Waals surface area contributed by atoms with E-state index in [1.807, 2.05) is 65.6 Å². The molecule has 1 fully saturated rings. The van der Waals surface area contributed by atoms with Crippen LogP contribution in [0.25, 0.3) is 0 Å². The third-order valence-corrected chi connectivity index (χ3v) is 8.93. The van der Waals surface area contributed by atoms with Crippen molar-refractivity contribution < 1.29 is 28.7 Å². The van der Waals surface area contributed by atoms with Crippen LogP contribution in [0.5, 0.6) is 0 Å². The number of ether oxygens (including phenoxy) is 2. The molecule has 2 atom stereocenters. The number of likely N-dealkylation sites (tertiary alicyclic amines) is 1. The van der Waals surface area contributed by atoms with Crippen LogP contribution in [0, 0.1) is 11.3 Å². The molecule has 2 aromatic carbocycles. The smallest absolute Gasteiger partial charge is 0.408 e. The Balaban J connectivity index is 1.50. The number of amides is 4. The second-order valence-electron chi connectivity index (χ2n) is 15.8. The molecule has 0 aliphatic carbocycles. The van der Waals surface area contributed by atoms with E-state index in [1.54, 1.807) is 31.5 Å². The fourth-order valence-corrected chi connectivity index (χ4v) is 5.98. The van der Waals surface area contributed by atoms with Crippen LogP contribution >= 0.6 is 0 Å². The molecule has 3 N–H and O–H groups in total. The van der Waals surface area contributed by atoms with Crippen molar-refractivity contribution in [2.24, 2.45) is 11.3 Å². The van der Waals surface area contributed by atoms with Crippen molar-refractivity contribution in [3.63, 3.8) is 0 Å². The molecule has 276 valence electrons. The first-order chi connectivity index (χ1) is 23.9. The van der Waals surface area contributed by atoms with Gasteiger partial charge in [-0.2, -0.15) is 0 Å². The van der Waals surface area contributed by atoms with Crippen molar-refractivity contribution in [3.8, 4) is 0 Å². The van der Waals surface area contributed by atoms with Gasteiger partial charge in [0.15, 0.2) is 5.82 Å². The molecule has 0 spiro atoms. The molecule has 1 aromatic heterocycles. The average Bonchev–Trinajstić information content (AvgIpc) is 3.51. The molecule has 0 bridgehead atoms. The molecule has 2 heterocycles. The summed E-state index contributed by atoms with van der Waals surface area (Å²) in [7, 11) is 0. The number of benzene rings is 2. The van der Waals surface area contributed by atoms with Crippen molar-refractivity contribution in [1.29, 1.82) is 0 Å². The molecular formula is C39H54N6O6. The Morgan fingerprint density at radius 1 is 0.882 bits per heavy atom. The van der Waals surface area contributed by atoms with E-state index >= 15 is 0 Å². The first kappa shape index (κ1) is 39.1. The number of anilines is 1. The molecule has 1 aliphatic rings. The quantitative estimate of drug-likeness (QED) is 0.220. The first-order valence-electron chi connectivity index (χ1n) is 17.5. The van der Waals surface area contributed by atoms with Crippen LogP contribution in [0.1, 0.15) is 85.4 Å². The number of piperidine rings is 1. The molecule has 4 amide bonds. The Bertz CT molecular complexity index is 1620. The zero-order valence-corrected chi connectivity index (χ0v) is 31.2. The second kappa shape index (κ2) is 16.5. The number of hydrogen-bond donors (Lipinski definition) is 3. The minimum absolute atomic E-state index is 0.0389. The van der Waals surface area contributed by atoms with Gasteiger partial charge in [-0.1, -0.05) is 81.4 Å². The van der Waals surface area contributed by atoms with Gasteiger partial charge in [0.25, 0.3) is 5.91 Å². The van der Waals surface area contributed by atoms with Crippen LogP contribution in [0.4, 0.5) is 10.6 Å². The molecule has 51 heavy (non-hydrogen) atoms. The number of carbonyl (C=O) groups excluding carboxylic acids is 4. The molecule has 12 nitrogen and oxygen atoms in total. The third kappa shape index (κ3) is 11.4. The monoisotopic (exact) mass is 702 g/mol. The molecule has 0 radical (unpaired) electrons. The zero-order chi connectivity index (χ0) is 37.4. The molecule has 12 heteroatoms. The van der Waals surface area contributed by atoms with Gasteiger partial charge in [0.05, 0.1) is 19.5 Å². The summed E-state index contributed by atoms with van der Waals surface area (Å²) in [5, 5.41) is 8.07. The molecule has 1 unspecified atom stereocenters. The van der Waals surface area contributed by atoms with Gasteiger partial charge in [0, 0.05) is 19.3 Å². The maximum Gasteiger partial charge on any atom is 0.408 e. The Hall–Kier alpha value is -4.71. The molecule has 1 saturated heterocycles. The summed E-state index contributed by atoms with van der Waals surface area (Å²) in [5.41, 5.74) is -0.310. The lowest BCUT2D eigenvalue weighted by molar-refractivity contribution is -0.135. The average molecular weight is 703 g/mol. The first-order valence-corrected chi connectivity index (χ1v) is 17.5. The van der Waals surface area contributed by atoms with E-state index in [2.05, 4.69) is 41.7 Å². The van der Waals surface area contributed by atoms with Crippen molar-refractivity contribution in [3.05, 3.63) is 84.3 Å². The predicted octanol–water partition coefficient (Wildman–Crippen LogP) is 5.70. The van der Waals surface area contributed by atoms with E-state index < -0.39 is 41.1 Å². The van der Waals surface area contributed by atoms with Gasteiger partial charge in [0.2, 0.25) is 11.8 Å². The maximum atomic E-state index is 14.1. The summed E-state index contributed by atoms with van der Waals surface area (Å²) in [6, 6.07) is 17.1. The SMILES string of the molecule is CC(C)(C)OC(=O)NC(C)(C)C(=O)N[C@H](COCc1ccccc1)C(=O)Nc1cn(C(C(=O)N2CCC(C(C)(C)C)CC2)c2ccccc2)cn1. The fraction of sp³-hybridized carbons (Fsp3) is 0.513. The van der Waals surface area contributed by atoms with Gasteiger partial charge >= 0.3 is 6.09 Å². The van der Waals surface area contributed by atoms with E-state index in [1.165, 1.54) is 20.2 Å². The van der Waals surface area contributed by atoms with Crippen LogP contribution in [0.3, 0.4) is 0 Å². The summed E-state index contributed by atoms with van der Waals surface area (Å²) in [5.74, 6) is -0.499. The second-order valence-corrected chi connectivity index (χ2v) is 15.8. The number of rotatable bonds is 12. The van der Waals surface area contributed by atoms with E-state index in [0.29, 0.717) is 19.0 Å². The summed E-state index contributed by atoms with van der Waals surface area (Å²) in [4.78, 5) is 60.1. The Morgan fingerprint density at radius 2 is 1.49 bits per heavy atom. The highest BCUT2D eigenvalue weighted by molar-refractivity contribution is 5.98. The number of carbonyl (C=O) groups is 4. The summed E-state index contributed by atoms with van der Waals surface area (Å²) in [6.07, 6.45) is 4.25. The number of imidazole rings is 1. The fourth-order valence-electron chi connectivity index (χ4n) is 5.98. The highest BCUT2D eigenvalue weighted by Crippen LogP contribution is 2.35. The Morgan fingerprint density at radius 3 is 2.08 bits per heavy atom. The summed E-state index contributed by atoms with van der Waals surface area (Å²) < 4.78 is 12.9. The highest BCUT2D eigenvalue weighted by atomic mass is 16.6. The third-order valence-electron chi connectivity index (χ3n) is 8.93. The van der Waals surface area contributed by atoms with E-state index in [-0.39, 0.29) is 30.4 Å². The van der Waals surface area contributed by atoms with Gasteiger partial charge in [-0.05, 0) is 69.9 Å². The Kier molecular flexibility index (Phi) is 12.7. The topological polar surface area (TPSA) is 144 Å². The largest absolute Gasteiger partial charge is 0.444 e. The lowest BCUT2D eigenvalue weighted by Gasteiger charge is -2.40. The molecule has 4 rings (SSSR count). The van der Waals surface area contributed by atoms with Gasteiger partial charge in [-0.15, -0.1) is 0 Å². The molecule has 0 saturated carbocycles. The zero-order valence-electron chi connectivity index (χ0n) is 31.2. The minimum atomic E-state index is -1.42. The van der Waals surface area contributed by atoms with E-state index in [9.17, 15) is 19.2 Å². The standard InChI is InChI=1S/C39H54N6O6/c1-37(2,3)29-19-21-44(22-20-29)34(47)32(28-17-13-10-14-18-28)45-23-31(40-26-45)42-33(46)30(25-50-24-27-15-11-9-12-16-27)41-35(48)39(7,8)43-36(49)51-38(4,5)6/h9-18,23,26,29-30,32H,19-22,24-25H2,1-8H3,(H,41,48)(H,42,46)(H,43,49)/t30-,32?/m1/s1. The lowest BCUT2D eigenvalue weighted by Crippen LogP contribution is -2.59. The van der Waals surface area contributed by atoms with Crippen LogP contribution in [0.2, 0.25) is 0 Å². The number of aromatic nitrogens is 2. The molecule has 1 aliphatic heterocycles. The van der Waals surface area contributed by atoms with Gasteiger partial charge in [-0.3, -0.25) is 14.4 Å². The molecule has 3 aromatic rings. The van der Waals surface area contributed by atoms with Crippen molar-refractivity contribution in [1.82, 2.24) is 25.1 Å². The van der Waals surface area contributed by atoms with Crippen LogP contribution in [-0.2, 0) is 30.5 Å². The van der Waals surface area contributed by atoms with Crippen molar-refractivity contribution in [2.75, 3.05) is 25.0 Å². The maximum absolute atomic E-state index is 14.1. The normalized spacial score (nSPS) is 15.4. The van der Waals surface area contributed by atoms with Gasteiger partial charge in [0.1, 0.15) is 23.2 Å². The van der Waals surface area contributed by atoms with Gasteiger partial charge < -0.3 is 34.9 Å². The predicted molar refractivity (Wildman–Crippen MR) is 196 cm³/mol. The number of hydrogen-bond acceptors (Lipinski definition) is 7. The van der Waals surface area contributed by atoms with Crippen molar-refractivity contribution in [2.45, 2.75) is 98.1 Å². The van der Waals surface area contributed by atoms with Gasteiger partial charge in [-0.25, -0.2) is 9.78 Å². The summed E-state index contributed by atoms with van der Waals surface area (Å²) in [6.45, 7) is 16.3. The van der Waals surface area contributed by atoms with Crippen LogP contribution in [-0.4, -0.2) is 75.1 Å². The van der Waals surface area contributed by atoms with Crippen molar-refractivity contribution >= 4 is 29.6 Å². The Labute approximate surface area is 301 Å². The van der Waals surface area contributed by atoms with E-state index in [4.69, 9.17) is 9.47 Å². The van der Waals surface area contributed by atoms with E-state index in [0.717, 1.165) is 24.0 Å².